The predicted octanol–water partition coefficient (Wildman–Crippen LogP) is 2.35. The molecule has 0 aliphatic heterocycles. The lowest BCUT2D eigenvalue weighted by Crippen LogP contribution is -2.25. The molecule has 0 N–H and O–H groups in total. The van der Waals surface area contributed by atoms with Gasteiger partial charge < -0.3 is 9.47 Å². The zero-order valence-electron chi connectivity index (χ0n) is 9.16. The standard InChI is InChI=1S/C10H20O3/c1-7(2)6-10(12-8(3)4)13-9(5)11/h7-8,10H,6H2,1-5H3. The van der Waals surface area contributed by atoms with Crippen LogP contribution in [0.4, 0.5) is 0 Å². The molecule has 0 fully saturated rings. The van der Waals surface area contributed by atoms with Crippen molar-refractivity contribution in [2.75, 3.05) is 0 Å². The second-order valence-electron chi connectivity index (χ2n) is 3.85. The fourth-order valence-corrected chi connectivity index (χ4v) is 1.01. The molecule has 0 aliphatic rings. The monoisotopic (exact) mass is 188 g/mol. The van der Waals surface area contributed by atoms with Gasteiger partial charge in [0.2, 0.25) is 6.29 Å². The maximum atomic E-state index is 10.7. The highest BCUT2D eigenvalue weighted by Crippen LogP contribution is 2.11. The van der Waals surface area contributed by atoms with Crippen LogP contribution in [-0.2, 0) is 14.3 Å². The van der Waals surface area contributed by atoms with Crippen LogP contribution in [0.25, 0.3) is 0 Å². The molecular weight excluding hydrogens is 168 g/mol. The first-order valence-electron chi connectivity index (χ1n) is 4.74. The Morgan fingerprint density at radius 1 is 1.23 bits per heavy atom. The zero-order valence-corrected chi connectivity index (χ0v) is 9.16. The summed E-state index contributed by atoms with van der Waals surface area (Å²) in [7, 11) is 0. The average Bonchev–Trinajstić information content (AvgIpc) is 1.80. The molecule has 0 rings (SSSR count). The lowest BCUT2D eigenvalue weighted by molar-refractivity contribution is -0.187. The maximum absolute atomic E-state index is 10.7. The van der Waals surface area contributed by atoms with Crippen LogP contribution in [-0.4, -0.2) is 18.4 Å². The number of hydrogen-bond donors (Lipinski definition) is 0. The zero-order chi connectivity index (χ0) is 10.4. The van der Waals surface area contributed by atoms with Crippen molar-refractivity contribution in [2.24, 2.45) is 5.92 Å². The number of carbonyl (C=O) groups excluding carboxylic acids is 1. The van der Waals surface area contributed by atoms with Gasteiger partial charge in [-0.2, -0.15) is 0 Å². The van der Waals surface area contributed by atoms with E-state index in [4.69, 9.17) is 9.47 Å². The Bertz CT molecular complexity index is 142. The van der Waals surface area contributed by atoms with E-state index in [1.54, 1.807) is 0 Å². The van der Waals surface area contributed by atoms with Gasteiger partial charge in [-0.1, -0.05) is 13.8 Å². The van der Waals surface area contributed by atoms with Gasteiger partial charge in [0.1, 0.15) is 0 Å². The van der Waals surface area contributed by atoms with Crippen molar-refractivity contribution in [1.82, 2.24) is 0 Å². The van der Waals surface area contributed by atoms with Crippen molar-refractivity contribution in [3.05, 3.63) is 0 Å². The smallest absolute Gasteiger partial charge is 0.304 e. The third-order valence-electron chi connectivity index (χ3n) is 1.39. The van der Waals surface area contributed by atoms with Gasteiger partial charge in [-0.25, -0.2) is 0 Å². The van der Waals surface area contributed by atoms with Crippen LogP contribution in [0, 0.1) is 5.92 Å². The molecule has 0 spiro atoms. The van der Waals surface area contributed by atoms with E-state index in [0.29, 0.717) is 5.92 Å². The Morgan fingerprint density at radius 2 is 1.77 bits per heavy atom. The highest BCUT2D eigenvalue weighted by atomic mass is 16.7. The van der Waals surface area contributed by atoms with Crippen LogP contribution in [0.15, 0.2) is 0 Å². The van der Waals surface area contributed by atoms with Gasteiger partial charge in [-0.3, -0.25) is 4.79 Å². The Balaban J connectivity index is 3.95. The van der Waals surface area contributed by atoms with Crippen molar-refractivity contribution in [2.45, 2.75) is 53.4 Å². The lowest BCUT2D eigenvalue weighted by Gasteiger charge is -2.21. The van der Waals surface area contributed by atoms with E-state index in [2.05, 4.69) is 13.8 Å². The van der Waals surface area contributed by atoms with Gasteiger partial charge in [0.25, 0.3) is 0 Å². The van der Waals surface area contributed by atoms with Crippen LogP contribution in [0.3, 0.4) is 0 Å². The number of carbonyl (C=O) groups is 1. The largest absolute Gasteiger partial charge is 0.436 e. The second-order valence-corrected chi connectivity index (χ2v) is 3.85. The van der Waals surface area contributed by atoms with Gasteiger partial charge in [-0.05, 0) is 19.8 Å². The van der Waals surface area contributed by atoms with Crippen LogP contribution >= 0.6 is 0 Å². The number of rotatable bonds is 5. The van der Waals surface area contributed by atoms with Gasteiger partial charge in [0, 0.05) is 13.3 Å². The summed E-state index contributed by atoms with van der Waals surface area (Å²) in [6.07, 6.45) is 0.443. The van der Waals surface area contributed by atoms with Crippen molar-refractivity contribution in [3.63, 3.8) is 0 Å². The molecule has 78 valence electrons. The van der Waals surface area contributed by atoms with E-state index >= 15 is 0 Å². The van der Waals surface area contributed by atoms with Gasteiger partial charge >= 0.3 is 5.97 Å². The van der Waals surface area contributed by atoms with Gasteiger partial charge in [-0.15, -0.1) is 0 Å². The molecule has 0 aliphatic carbocycles. The van der Waals surface area contributed by atoms with Crippen LogP contribution in [0.5, 0.6) is 0 Å². The lowest BCUT2D eigenvalue weighted by atomic mass is 10.1. The molecule has 13 heavy (non-hydrogen) atoms. The molecule has 0 saturated heterocycles. The molecule has 1 atom stereocenters. The fourth-order valence-electron chi connectivity index (χ4n) is 1.01. The van der Waals surface area contributed by atoms with Crippen molar-refractivity contribution in [1.29, 1.82) is 0 Å². The predicted molar refractivity (Wildman–Crippen MR) is 51.2 cm³/mol. The van der Waals surface area contributed by atoms with E-state index in [1.807, 2.05) is 13.8 Å². The molecule has 0 aromatic rings. The normalized spacial score (nSPS) is 13.5. The molecule has 0 aromatic heterocycles. The highest BCUT2D eigenvalue weighted by Gasteiger charge is 2.15. The minimum absolute atomic E-state index is 0.0862. The van der Waals surface area contributed by atoms with Gasteiger partial charge in [0.05, 0.1) is 6.10 Å². The summed E-state index contributed by atoms with van der Waals surface area (Å²) in [6.45, 7) is 9.39. The molecule has 0 radical (unpaired) electrons. The number of ether oxygens (including phenoxy) is 2. The van der Waals surface area contributed by atoms with E-state index < -0.39 is 6.29 Å². The minimum atomic E-state index is -0.391. The molecule has 3 nitrogen and oxygen atoms in total. The quantitative estimate of drug-likeness (QED) is 0.490. The van der Waals surface area contributed by atoms with E-state index in [1.165, 1.54) is 6.92 Å². The summed E-state index contributed by atoms with van der Waals surface area (Å²) >= 11 is 0. The third-order valence-corrected chi connectivity index (χ3v) is 1.39. The first-order valence-corrected chi connectivity index (χ1v) is 4.74. The van der Waals surface area contributed by atoms with Crippen LogP contribution < -0.4 is 0 Å². The molecule has 3 heteroatoms. The molecular formula is C10H20O3. The Kier molecular flexibility index (Phi) is 5.71. The summed E-state index contributed by atoms with van der Waals surface area (Å²) in [5.74, 6) is 0.175. The molecule has 1 unspecified atom stereocenters. The SMILES string of the molecule is CC(=O)OC(CC(C)C)OC(C)C. The molecule has 0 bridgehead atoms. The first-order chi connectivity index (χ1) is 5.91. The van der Waals surface area contributed by atoms with Crippen molar-refractivity contribution in [3.8, 4) is 0 Å². The van der Waals surface area contributed by atoms with Crippen LogP contribution in [0.1, 0.15) is 41.0 Å². The molecule has 0 aromatic carbocycles. The summed E-state index contributed by atoms with van der Waals surface area (Å²) in [4.78, 5) is 10.7. The van der Waals surface area contributed by atoms with E-state index in [0.717, 1.165) is 6.42 Å². The third kappa shape index (κ3) is 7.78. The Hall–Kier alpha value is -0.570. The summed E-state index contributed by atoms with van der Waals surface area (Å²) < 4.78 is 10.4. The summed E-state index contributed by atoms with van der Waals surface area (Å²) in [5.41, 5.74) is 0. The van der Waals surface area contributed by atoms with Crippen LogP contribution in [0.2, 0.25) is 0 Å². The van der Waals surface area contributed by atoms with Crippen molar-refractivity contribution >= 4 is 5.97 Å². The molecule has 0 heterocycles. The fraction of sp³-hybridized carbons (Fsp3) is 0.900. The second kappa shape index (κ2) is 5.97. The Labute approximate surface area is 80.4 Å². The van der Waals surface area contributed by atoms with E-state index in [9.17, 15) is 4.79 Å². The Morgan fingerprint density at radius 3 is 2.08 bits per heavy atom. The summed E-state index contributed by atoms with van der Waals surface area (Å²) in [6, 6.07) is 0. The highest BCUT2D eigenvalue weighted by molar-refractivity contribution is 5.66. The summed E-state index contributed by atoms with van der Waals surface area (Å²) in [5, 5.41) is 0. The maximum Gasteiger partial charge on any atom is 0.304 e. The van der Waals surface area contributed by atoms with E-state index in [-0.39, 0.29) is 12.1 Å². The number of esters is 1. The molecule has 0 amide bonds. The topological polar surface area (TPSA) is 35.5 Å². The average molecular weight is 188 g/mol. The molecule has 0 saturated carbocycles. The van der Waals surface area contributed by atoms with Crippen molar-refractivity contribution < 1.29 is 14.3 Å². The minimum Gasteiger partial charge on any atom is -0.436 e. The van der Waals surface area contributed by atoms with Gasteiger partial charge in [0.15, 0.2) is 0 Å². The first kappa shape index (κ1) is 12.4. The number of hydrogen-bond acceptors (Lipinski definition) is 3.